The summed E-state index contributed by atoms with van der Waals surface area (Å²) in [4.78, 5) is 4.60. The summed E-state index contributed by atoms with van der Waals surface area (Å²) in [6, 6.07) is 8.00. The number of thiazole rings is 1. The fraction of sp³-hybridized carbons (Fsp3) is 0.294. The standard InChI is InChI=1S/C17H17ClN4S/c1-11-10-23-17(20-11)22-16-6-7-19-9-14(16)15(21-22)8-12-2-4-13(18)5-3-12/h2-5,10,19H,6-9H2,1H3. The summed E-state index contributed by atoms with van der Waals surface area (Å²) in [5.41, 5.74) is 6.01. The molecule has 0 spiro atoms. The van der Waals surface area contributed by atoms with Crippen LogP contribution in [0, 0.1) is 6.92 Å². The smallest absolute Gasteiger partial charge is 0.210 e. The van der Waals surface area contributed by atoms with E-state index in [1.165, 1.54) is 16.8 Å². The molecule has 4 nitrogen and oxygen atoms in total. The minimum Gasteiger partial charge on any atom is -0.312 e. The van der Waals surface area contributed by atoms with Crippen molar-refractivity contribution in [3.8, 4) is 5.13 Å². The first kappa shape index (κ1) is 14.9. The summed E-state index contributed by atoms with van der Waals surface area (Å²) in [6.45, 7) is 3.89. The highest BCUT2D eigenvalue weighted by Gasteiger charge is 2.22. The molecule has 0 saturated carbocycles. The van der Waals surface area contributed by atoms with Gasteiger partial charge in [0.25, 0.3) is 0 Å². The van der Waals surface area contributed by atoms with Crippen LogP contribution < -0.4 is 5.32 Å². The van der Waals surface area contributed by atoms with Crippen LogP contribution in [-0.4, -0.2) is 21.3 Å². The number of rotatable bonds is 3. The number of fused-ring (bicyclic) bond motifs is 1. The summed E-state index contributed by atoms with van der Waals surface area (Å²) < 4.78 is 2.04. The predicted molar refractivity (Wildman–Crippen MR) is 93.6 cm³/mol. The molecule has 0 atom stereocenters. The van der Waals surface area contributed by atoms with Gasteiger partial charge in [-0.25, -0.2) is 9.67 Å². The van der Waals surface area contributed by atoms with Crippen molar-refractivity contribution in [3.63, 3.8) is 0 Å². The first-order chi connectivity index (χ1) is 11.2. The molecule has 0 saturated heterocycles. The third-order valence-electron chi connectivity index (χ3n) is 4.09. The number of aromatic nitrogens is 3. The van der Waals surface area contributed by atoms with Gasteiger partial charge in [-0.2, -0.15) is 5.10 Å². The van der Waals surface area contributed by atoms with E-state index in [-0.39, 0.29) is 0 Å². The van der Waals surface area contributed by atoms with Crippen molar-refractivity contribution in [2.75, 3.05) is 6.54 Å². The number of halogens is 1. The van der Waals surface area contributed by atoms with Crippen molar-refractivity contribution in [1.82, 2.24) is 20.1 Å². The van der Waals surface area contributed by atoms with E-state index in [1.807, 2.05) is 23.7 Å². The summed E-state index contributed by atoms with van der Waals surface area (Å²) >= 11 is 7.63. The topological polar surface area (TPSA) is 42.7 Å². The summed E-state index contributed by atoms with van der Waals surface area (Å²) in [7, 11) is 0. The highest BCUT2D eigenvalue weighted by molar-refractivity contribution is 7.12. The molecular formula is C17H17ClN4S. The average Bonchev–Trinajstić information content (AvgIpc) is 3.14. The molecule has 118 valence electrons. The van der Waals surface area contributed by atoms with Crippen LogP contribution in [0.4, 0.5) is 0 Å². The zero-order valence-corrected chi connectivity index (χ0v) is 14.4. The minimum atomic E-state index is 0.765. The Bertz CT molecular complexity index is 835. The SMILES string of the molecule is Cc1csc(-n2nc(Cc3ccc(Cl)cc3)c3c2CCNC3)n1. The molecule has 0 bridgehead atoms. The third kappa shape index (κ3) is 2.92. The van der Waals surface area contributed by atoms with Gasteiger partial charge in [-0.3, -0.25) is 0 Å². The number of benzene rings is 1. The minimum absolute atomic E-state index is 0.765. The molecular weight excluding hydrogens is 328 g/mol. The van der Waals surface area contributed by atoms with Gasteiger partial charge >= 0.3 is 0 Å². The van der Waals surface area contributed by atoms with Crippen LogP contribution in [-0.2, 0) is 19.4 Å². The number of hydrogen-bond donors (Lipinski definition) is 1. The molecule has 0 radical (unpaired) electrons. The molecule has 3 heterocycles. The zero-order chi connectivity index (χ0) is 15.8. The highest BCUT2D eigenvalue weighted by Crippen LogP contribution is 2.25. The van der Waals surface area contributed by atoms with Crippen LogP contribution >= 0.6 is 22.9 Å². The van der Waals surface area contributed by atoms with Crippen molar-refractivity contribution < 1.29 is 0 Å². The Labute approximate surface area is 144 Å². The highest BCUT2D eigenvalue weighted by atomic mass is 35.5. The Balaban J connectivity index is 1.74. The lowest BCUT2D eigenvalue weighted by Gasteiger charge is -2.14. The van der Waals surface area contributed by atoms with Crippen molar-refractivity contribution in [3.05, 3.63) is 62.9 Å². The van der Waals surface area contributed by atoms with E-state index in [0.29, 0.717) is 0 Å². The van der Waals surface area contributed by atoms with Gasteiger partial charge in [0.1, 0.15) is 0 Å². The first-order valence-corrected chi connectivity index (χ1v) is 8.94. The van der Waals surface area contributed by atoms with Crippen LogP contribution in [0.3, 0.4) is 0 Å². The molecule has 1 N–H and O–H groups in total. The van der Waals surface area contributed by atoms with Gasteiger partial charge in [-0.15, -0.1) is 11.3 Å². The number of nitrogens with zero attached hydrogens (tertiary/aromatic N) is 3. The third-order valence-corrected chi connectivity index (χ3v) is 5.27. The van der Waals surface area contributed by atoms with Gasteiger partial charge in [-0.1, -0.05) is 23.7 Å². The van der Waals surface area contributed by atoms with Crippen LogP contribution in [0.1, 0.15) is 28.2 Å². The second-order valence-corrected chi connectivity index (χ2v) is 7.06. The molecule has 0 fully saturated rings. The molecule has 4 rings (SSSR count). The van der Waals surface area contributed by atoms with Gasteiger partial charge in [0.15, 0.2) is 0 Å². The van der Waals surface area contributed by atoms with Gasteiger partial charge in [0.2, 0.25) is 5.13 Å². The normalized spacial score (nSPS) is 14.0. The van der Waals surface area contributed by atoms with E-state index in [9.17, 15) is 0 Å². The average molecular weight is 345 g/mol. The Hall–Kier alpha value is -1.69. The number of hydrogen-bond acceptors (Lipinski definition) is 4. The Morgan fingerprint density at radius 3 is 2.87 bits per heavy atom. The summed E-state index contributed by atoms with van der Waals surface area (Å²) in [5.74, 6) is 0. The maximum Gasteiger partial charge on any atom is 0.210 e. The Morgan fingerprint density at radius 1 is 1.30 bits per heavy atom. The Morgan fingerprint density at radius 2 is 2.13 bits per heavy atom. The van der Waals surface area contributed by atoms with Gasteiger partial charge in [0, 0.05) is 41.9 Å². The molecule has 1 aliphatic heterocycles. The number of nitrogens with one attached hydrogen (secondary N) is 1. The second kappa shape index (κ2) is 6.07. The van der Waals surface area contributed by atoms with E-state index in [1.54, 1.807) is 11.3 Å². The molecule has 23 heavy (non-hydrogen) atoms. The lowest BCUT2D eigenvalue weighted by molar-refractivity contribution is 0.621. The molecule has 0 amide bonds. The Kier molecular flexibility index (Phi) is 3.93. The van der Waals surface area contributed by atoms with E-state index in [4.69, 9.17) is 16.7 Å². The van der Waals surface area contributed by atoms with Crippen LogP contribution in [0.15, 0.2) is 29.6 Å². The van der Waals surface area contributed by atoms with Crippen molar-refractivity contribution in [2.45, 2.75) is 26.3 Å². The fourth-order valence-corrected chi connectivity index (χ4v) is 3.85. The van der Waals surface area contributed by atoms with Crippen molar-refractivity contribution >= 4 is 22.9 Å². The first-order valence-electron chi connectivity index (χ1n) is 7.68. The molecule has 2 aromatic heterocycles. The molecule has 3 aromatic rings. The van der Waals surface area contributed by atoms with E-state index in [2.05, 4.69) is 27.8 Å². The van der Waals surface area contributed by atoms with E-state index < -0.39 is 0 Å². The summed E-state index contributed by atoms with van der Waals surface area (Å²) in [6.07, 6.45) is 1.81. The van der Waals surface area contributed by atoms with Crippen LogP contribution in [0.25, 0.3) is 5.13 Å². The molecule has 1 aliphatic rings. The molecule has 6 heteroatoms. The van der Waals surface area contributed by atoms with Crippen LogP contribution in [0.2, 0.25) is 5.02 Å². The molecule has 0 aliphatic carbocycles. The van der Waals surface area contributed by atoms with E-state index >= 15 is 0 Å². The predicted octanol–water partition coefficient (Wildman–Crippen LogP) is 3.53. The van der Waals surface area contributed by atoms with Gasteiger partial charge < -0.3 is 5.32 Å². The number of aryl methyl sites for hydroxylation is 1. The maximum atomic E-state index is 5.98. The van der Waals surface area contributed by atoms with Gasteiger partial charge in [-0.05, 0) is 24.6 Å². The van der Waals surface area contributed by atoms with Crippen molar-refractivity contribution in [1.29, 1.82) is 0 Å². The fourth-order valence-electron chi connectivity index (χ4n) is 2.95. The van der Waals surface area contributed by atoms with E-state index in [0.717, 1.165) is 47.5 Å². The monoisotopic (exact) mass is 344 g/mol. The molecule has 1 aromatic carbocycles. The van der Waals surface area contributed by atoms with Crippen LogP contribution in [0.5, 0.6) is 0 Å². The molecule has 0 unspecified atom stereocenters. The lowest BCUT2D eigenvalue weighted by Crippen LogP contribution is -2.25. The van der Waals surface area contributed by atoms with Crippen molar-refractivity contribution in [2.24, 2.45) is 0 Å². The zero-order valence-electron chi connectivity index (χ0n) is 12.8. The quantitative estimate of drug-likeness (QED) is 0.790. The van der Waals surface area contributed by atoms with Gasteiger partial charge in [0.05, 0.1) is 17.1 Å². The summed E-state index contributed by atoms with van der Waals surface area (Å²) in [5, 5.41) is 12.1. The largest absolute Gasteiger partial charge is 0.312 e. The lowest BCUT2D eigenvalue weighted by atomic mass is 10.0. The second-order valence-electron chi connectivity index (χ2n) is 5.79. The maximum absolute atomic E-state index is 5.98.